The molecule has 3 heteroatoms. The summed E-state index contributed by atoms with van der Waals surface area (Å²) in [7, 11) is 1.60. The molecule has 0 aromatic heterocycles. The van der Waals surface area contributed by atoms with Crippen LogP contribution in [0.3, 0.4) is 0 Å². The third-order valence-electron chi connectivity index (χ3n) is 1.72. The lowest BCUT2D eigenvalue weighted by molar-refractivity contribution is -0.117. The van der Waals surface area contributed by atoms with E-state index in [-0.39, 0.29) is 12.3 Å². The van der Waals surface area contributed by atoms with Crippen LogP contribution in [-0.2, 0) is 11.2 Å². The highest BCUT2D eigenvalue weighted by molar-refractivity contribution is 5.76. The lowest BCUT2D eigenvalue weighted by atomic mass is 10.1. The molecule has 0 atom stereocenters. The highest BCUT2D eigenvalue weighted by Crippen LogP contribution is 2.16. The largest absolute Gasteiger partial charge is 0.497 e. The van der Waals surface area contributed by atoms with Gasteiger partial charge in [-0.2, -0.15) is 0 Å². The van der Waals surface area contributed by atoms with E-state index in [0.29, 0.717) is 0 Å². The lowest BCUT2D eigenvalue weighted by Gasteiger charge is -2.04. The maximum atomic E-state index is 10.7. The molecule has 1 aromatic carbocycles. The maximum absolute atomic E-state index is 10.7. The van der Waals surface area contributed by atoms with Crippen molar-refractivity contribution in [2.75, 3.05) is 7.11 Å². The van der Waals surface area contributed by atoms with Crippen molar-refractivity contribution >= 4 is 5.91 Å². The Labute approximate surface area is 77.5 Å². The molecule has 0 unspecified atom stereocenters. The molecule has 1 aromatic rings. The summed E-state index contributed by atoms with van der Waals surface area (Å²) < 4.78 is 5.07. The number of benzene rings is 1. The van der Waals surface area contributed by atoms with E-state index < -0.39 is 0 Å². The summed E-state index contributed by atoms with van der Waals surface area (Å²) in [5.74, 6) is 0.434. The van der Waals surface area contributed by atoms with E-state index in [4.69, 9.17) is 10.5 Å². The molecule has 0 heterocycles. The fraction of sp³-hybridized carbons (Fsp3) is 0.300. The zero-order valence-corrected chi connectivity index (χ0v) is 7.83. The van der Waals surface area contributed by atoms with E-state index in [1.165, 1.54) is 0 Å². The number of nitrogens with two attached hydrogens (primary N) is 1. The second-order valence-corrected chi connectivity index (χ2v) is 3.00. The topological polar surface area (TPSA) is 52.3 Å². The molecular weight excluding hydrogens is 166 g/mol. The summed E-state index contributed by atoms with van der Waals surface area (Å²) in [6.07, 6.45) is 0.262. The van der Waals surface area contributed by atoms with E-state index in [1.54, 1.807) is 7.11 Å². The van der Waals surface area contributed by atoms with Gasteiger partial charge in [-0.3, -0.25) is 4.79 Å². The lowest BCUT2D eigenvalue weighted by Crippen LogP contribution is -2.13. The van der Waals surface area contributed by atoms with Crippen LogP contribution < -0.4 is 10.5 Å². The Balaban J connectivity index is 2.94. The molecular formula is C10H13NO2. The number of carbonyl (C=O) groups excluding carboxylic acids is 1. The normalized spacial score (nSPS) is 9.69. The quantitative estimate of drug-likeness (QED) is 0.753. The third kappa shape index (κ3) is 2.78. The van der Waals surface area contributed by atoms with Crippen molar-refractivity contribution in [2.24, 2.45) is 5.73 Å². The van der Waals surface area contributed by atoms with Gasteiger partial charge in [0.25, 0.3) is 0 Å². The van der Waals surface area contributed by atoms with Gasteiger partial charge in [0.1, 0.15) is 5.75 Å². The number of rotatable bonds is 3. The van der Waals surface area contributed by atoms with Crippen molar-refractivity contribution in [3.63, 3.8) is 0 Å². The fourth-order valence-corrected chi connectivity index (χ4v) is 1.25. The minimum atomic E-state index is -0.326. The molecule has 2 N–H and O–H groups in total. The van der Waals surface area contributed by atoms with Crippen LogP contribution in [0, 0.1) is 6.92 Å². The Kier molecular flexibility index (Phi) is 2.90. The zero-order chi connectivity index (χ0) is 9.84. The second kappa shape index (κ2) is 3.94. The number of carbonyl (C=O) groups is 1. The van der Waals surface area contributed by atoms with Gasteiger partial charge in [-0.1, -0.05) is 6.07 Å². The molecule has 0 aliphatic heterocycles. The molecule has 13 heavy (non-hydrogen) atoms. The van der Waals surface area contributed by atoms with Crippen LogP contribution in [0.4, 0.5) is 0 Å². The van der Waals surface area contributed by atoms with Gasteiger partial charge < -0.3 is 10.5 Å². The van der Waals surface area contributed by atoms with Crippen LogP contribution in [0.25, 0.3) is 0 Å². The zero-order valence-electron chi connectivity index (χ0n) is 7.83. The number of ether oxygens (including phenoxy) is 1. The average molecular weight is 179 g/mol. The van der Waals surface area contributed by atoms with Crippen molar-refractivity contribution in [3.8, 4) is 5.75 Å². The van der Waals surface area contributed by atoms with Gasteiger partial charge in [0, 0.05) is 0 Å². The SMILES string of the molecule is COc1cc(C)cc(CC(N)=O)c1. The first-order valence-electron chi connectivity index (χ1n) is 4.04. The van der Waals surface area contributed by atoms with E-state index in [0.717, 1.165) is 16.9 Å². The molecule has 0 bridgehead atoms. The van der Waals surface area contributed by atoms with E-state index in [2.05, 4.69) is 0 Å². The summed E-state index contributed by atoms with van der Waals surface area (Å²) in [4.78, 5) is 10.7. The standard InChI is InChI=1S/C10H13NO2/c1-7-3-8(6-10(11)12)5-9(4-7)13-2/h3-5H,6H2,1-2H3,(H2,11,12). The first-order chi connectivity index (χ1) is 6.11. The Morgan fingerprint density at radius 1 is 1.46 bits per heavy atom. The van der Waals surface area contributed by atoms with Crippen molar-refractivity contribution < 1.29 is 9.53 Å². The van der Waals surface area contributed by atoms with Crippen molar-refractivity contribution in [1.29, 1.82) is 0 Å². The molecule has 3 nitrogen and oxygen atoms in total. The number of hydrogen-bond acceptors (Lipinski definition) is 2. The van der Waals surface area contributed by atoms with Gasteiger partial charge in [-0.05, 0) is 30.2 Å². The first-order valence-corrected chi connectivity index (χ1v) is 4.04. The van der Waals surface area contributed by atoms with Crippen LogP contribution in [0.2, 0.25) is 0 Å². The molecule has 70 valence electrons. The number of hydrogen-bond donors (Lipinski definition) is 1. The second-order valence-electron chi connectivity index (χ2n) is 3.00. The molecule has 0 radical (unpaired) electrons. The average Bonchev–Trinajstić information content (AvgIpc) is 2.01. The molecule has 1 rings (SSSR count). The predicted octanol–water partition coefficient (Wildman–Crippen LogP) is 1.03. The number of primary amides is 1. The van der Waals surface area contributed by atoms with E-state index in [1.807, 2.05) is 25.1 Å². The van der Waals surface area contributed by atoms with Crippen molar-refractivity contribution in [1.82, 2.24) is 0 Å². The molecule has 0 aliphatic rings. The summed E-state index contributed by atoms with van der Waals surface area (Å²) in [5.41, 5.74) is 7.04. The summed E-state index contributed by atoms with van der Waals surface area (Å²) in [6, 6.07) is 5.65. The smallest absolute Gasteiger partial charge is 0.221 e. The number of methoxy groups -OCH3 is 1. The van der Waals surface area contributed by atoms with Crippen molar-refractivity contribution in [2.45, 2.75) is 13.3 Å². The van der Waals surface area contributed by atoms with Crippen LogP contribution in [0.15, 0.2) is 18.2 Å². The number of aryl methyl sites for hydroxylation is 1. The first kappa shape index (κ1) is 9.58. The van der Waals surface area contributed by atoms with Crippen molar-refractivity contribution in [3.05, 3.63) is 29.3 Å². The Morgan fingerprint density at radius 3 is 2.69 bits per heavy atom. The Hall–Kier alpha value is -1.51. The van der Waals surface area contributed by atoms with E-state index >= 15 is 0 Å². The van der Waals surface area contributed by atoms with Crippen LogP contribution in [-0.4, -0.2) is 13.0 Å². The highest BCUT2D eigenvalue weighted by Gasteiger charge is 2.01. The molecule has 0 saturated carbocycles. The third-order valence-corrected chi connectivity index (χ3v) is 1.72. The maximum Gasteiger partial charge on any atom is 0.221 e. The number of amides is 1. The summed E-state index contributed by atoms with van der Waals surface area (Å²) in [5, 5.41) is 0. The van der Waals surface area contributed by atoms with Gasteiger partial charge in [-0.15, -0.1) is 0 Å². The van der Waals surface area contributed by atoms with Crippen LogP contribution in [0.1, 0.15) is 11.1 Å². The summed E-state index contributed by atoms with van der Waals surface area (Å²) in [6.45, 7) is 1.95. The predicted molar refractivity (Wildman–Crippen MR) is 50.6 cm³/mol. The summed E-state index contributed by atoms with van der Waals surface area (Å²) >= 11 is 0. The van der Waals surface area contributed by atoms with Gasteiger partial charge in [0.2, 0.25) is 5.91 Å². The van der Waals surface area contributed by atoms with Crippen LogP contribution >= 0.6 is 0 Å². The minimum absolute atomic E-state index is 0.262. The Bertz CT molecular complexity index is 321. The van der Waals surface area contributed by atoms with Gasteiger partial charge >= 0.3 is 0 Å². The molecule has 0 saturated heterocycles. The highest BCUT2D eigenvalue weighted by atomic mass is 16.5. The minimum Gasteiger partial charge on any atom is -0.497 e. The molecule has 0 aliphatic carbocycles. The fourth-order valence-electron chi connectivity index (χ4n) is 1.25. The molecule has 0 spiro atoms. The Morgan fingerprint density at radius 2 is 2.15 bits per heavy atom. The monoisotopic (exact) mass is 179 g/mol. The van der Waals surface area contributed by atoms with Crippen LogP contribution in [0.5, 0.6) is 5.75 Å². The van der Waals surface area contributed by atoms with E-state index in [9.17, 15) is 4.79 Å². The van der Waals surface area contributed by atoms with Gasteiger partial charge in [0.05, 0.1) is 13.5 Å². The molecule has 0 fully saturated rings. The molecule has 1 amide bonds. The van der Waals surface area contributed by atoms with Gasteiger partial charge in [0.15, 0.2) is 0 Å². The van der Waals surface area contributed by atoms with Gasteiger partial charge in [-0.25, -0.2) is 0 Å².